The quantitative estimate of drug-likeness (QED) is 0.761. The van der Waals surface area contributed by atoms with E-state index in [-0.39, 0.29) is 11.8 Å². The van der Waals surface area contributed by atoms with E-state index in [1.807, 2.05) is 54.6 Å². The van der Waals surface area contributed by atoms with Crippen molar-refractivity contribution in [1.82, 2.24) is 10.1 Å². The number of nitrogens with two attached hydrogens (primary N) is 1. The summed E-state index contributed by atoms with van der Waals surface area (Å²) in [6.07, 6.45) is -0.944. The lowest BCUT2D eigenvalue weighted by atomic mass is 10.0. The monoisotopic (exact) mass is 267 g/mol. The first-order chi connectivity index (χ1) is 9.74. The molecule has 0 spiro atoms. The van der Waals surface area contributed by atoms with Gasteiger partial charge in [-0.1, -0.05) is 59.8 Å². The minimum atomic E-state index is -0.944. The molecule has 0 amide bonds. The summed E-state index contributed by atoms with van der Waals surface area (Å²) in [6.45, 7) is 0. The first-order valence-electron chi connectivity index (χ1n) is 6.16. The summed E-state index contributed by atoms with van der Waals surface area (Å²) < 4.78 is 4.66. The first kappa shape index (κ1) is 12.4. The standard InChI is InChI=1S/C15H13N3O2/c16-15-17-14(18-20-15)13(19)12-8-6-11(7-9-12)10-4-2-1-3-5-10/h1-9,13,19H,(H2,16,17,18). The molecule has 5 heteroatoms. The Hall–Kier alpha value is -2.66. The van der Waals surface area contributed by atoms with E-state index < -0.39 is 6.10 Å². The number of aliphatic hydroxyl groups is 1. The van der Waals surface area contributed by atoms with E-state index in [9.17, 15) is 5.11 Å². The van der Waals surface area contributed by atoms with E-state index in [0.29, 0.717) is 5.56 Å². The van der Waals surface area contributed by atoms with Crippen molar-refractivity contribution in [2.75, 3.05) is 5.73 Å². The number of nitrogens with zero attached hydrogens (tertiary/aromatic N) is 2. The number of aliphatic hydroxyl groups excluding tert-OH is 1. The van der Waals surface area contributed by atoms with Crippen molar-refractivity contribution >= 4 is 6.01 Å². The summed E-state index contributed by atoms with van der Waals surface area (Å²) in [7, 11) is 0. The van der Waals surface area contributed by atoms with Crippen LogP contribution in [0.15, 0.2) is 59.1 Å². The smallest absolute Gasteiger partial charge is 0.318 e. The Labute approximate surface area is 115 Å². The van der Waals surface area contributed by atoms with Crippen LogP contribution in [-0.4, -0.2) is 15.2 Å². The molecule has 5 nitrogen and oxygen atoms in total. The van der Waals surface area contributed by atoms with Crippen molar-refractivity contribution in [1.29, 1.82) is 0 Å². The molecule has 0 saturated carbocycles. The van der Waals surface area contributed by atoms with Crippen LogP contribution in [-0.2, 0) is 0 Å². The molecule has 1 unspecified atom stereocenters. The second-order valence-corrected chi connectivity index (χ2v) is 4.38. The molecule has 0 bridgehead atoms. The minimum absolute atomic E-state index is 0.0556. The molecule has 20 heavy (non-hydrogen) atoms. The maximum atomic E-state index is 10.1. The van der Waals surface area contributed by atoms with Crippen LogP contribution in [0.2, 0.25) is 0 Å². The molecule has 3 N–H and O–H groups in total. The molecule has 0 fully saturated rings. The summed E-state index contributed by atoms with van der Waals surface area (Å²) in [5.41, 5.74) is 8.23. The molecular weight excluding hydrogens is 254 g/mol. The molecule has 0 radical (unpaired) electrons. The SMILES string of the molecule is Nc1nc(C(O)c2ccc(-c3ccccc3)cc2)no1. The van der Waals surface area contributed by atoms with Crippen LogP contribution < -0.4 is 5.73 Å². The highest BCUT2D eigenvalue weighted by Crippen LogP contribution is 2.24. The summed E-state index contributed by atoms with van der Waals surface area (Å²) in [5.74, 6) is 0.162. The molecule has 3 aromatic rings. The number of nitrogen functional groups attached to an aromatic ring is 1. The average Bonchev–Trinajstić information content (AvgIpc) is 2.94. The lowest BCUT2D eigenvalue weighted by Crippen LogP contribution is -2.02. The fourth-order valence-electron chi connectivity index (χ4n) is 2.00. The van der Waals surface area contributed by atoms with Crippen LogP contribution in [0.1, 0.15) is 17.5 Å². The van der Waals surface area contributed by atoms with E-state index in [1.54, 1.807) is 0 Å². The molecule has 0 saturated heterocycles. The summed E-state index contributed by atoms with van der Waals surface area (Å²) in [5, 5.41) is 13.7. The Morgan fingerprint density at radius 2 is 1.60 bits per heavy atom. The second-order valence-electron chi connectivity index (χ2n) is 4.38. The summed E-state index contributed by atoms with van der Waals surface area (Å²) in [6, 6.07) is 17.5. The van der Waals surface area contributed by atoms with Crippen LogP contribution in [0.25, 0.3) is 11.1 Å². The van der Waals surface area contributed by atoms with Crippen LogP contribution in [0.3, 0.4) is 0 Å². The Balaban J connectivity index is 1.86. The van der Waals surface area contributed by atoms with Gasteiger partial charge >= 0.3 is 6.01 Å². The van der Waals surface area contributed by atoms with Crippen molar-refractivity contribution in [3.8, 4) is 11.1 Å². The number of hydrogen-bond acceptors (Lipinski definition) is 5. The van der Waals surface area contributed by atoms with Gasteiger partial charge in [-0.25, -0.2) is 0 Å². The number of aromatic nitrogens is 2. The van der Waals surface area contributed by atoms with E-state index in [1.165, 1.54) is 0 Å². The van der Waals surface area contributed by atoms with E-state index >= 15 is 0 Å². The van der Waals surface area contributed by atoms with Crippen LogP contribution in [0.5, 0.6) is 0 Å². The van der Waals surface area contributed by atoms with Gasteiger partial charge in [-0.15, -0.1) is 0 Å². The van der Waals surface area contributed by atoms with Gasteiger partial charge in [0.25, 0.3) is 0 Å². The molecule has 1 aromatic heterocycles. The fraction of sp³-hybridized carbons (Fsp3) is 0.0667. The van der Waals surface area contributed by atoms with Gasteiger partial charge in [-0.05, 0) is 16.7 Å². The van der Waals surface area contributed by atoms with Gasteiger partial charge in [0, 0.05) is 0 Å². The van der Waals surface area contributed by atoms with Crippen LogP contribution >= 0.6 is 0 Å². The lowest BCUT2D eigenvalue weighted by Gasteiger charge is -2.08. The normalized spacial score (nSPS) is 12.2. The van der Waals surface area contributed by atoms with Gasteiger partial charge in [-0.2, -0.15) is 4.98 Å². The Bertz CT molecular complexity index is 693. The zero-order valence-electron chi connectivity index (χ0n) is 10.6. The topological polar surface area (TPSA) is 85.2 Å². The third-order valence-corrected chi connectivity index (χ3v) is 3.04. The third kappa shape index (κ3) is 2.39. The highest BCUT2D eigenvalue weighted by molar-refractivity contribution is 5.63. The first-order valence-corrected chi connectivity index (χ1v) is 6.16. The number of benzene rings is 2. The van der Waals surface area contributed by atoms with Gasteiger partial charge in [0.15, 0.2) is 0 Å². The molecule has 0 aliphatic carbocycles. The molecular formula is C15H13N3O2. The van der Waals surface area contributed by atoms with Gasteiger partial charge in [0.2, 0.25) is 5.82 Å². The predicted octanol–water partition coefficient (Wildman–Crippen LogP) is 2.40. The average molecular weight is 267 g/mol. The van der Waals surface area contributed by atoms with Gasteiger partial charge in [0.05, 0.1) is 0 Å². The largest absolute Gasteiger partial charge is 0.380 e. The highest BCUT2D eigenvalue weighted by Gasteiger charge is 2.16. The maximum absolute atomic E-state index is 10.1. The Morgan fingerprint density at radius 3 is 2.20 bits per heavy atom. The molecule has 100 valence electrons. The fourth-order valence-corrected chi connectivity index (χ4v) is 2.00. The van der Waals surface area contributed by atoms with Crippen molar-refractivity contribution in [3.05, 3.63) is 66.0 Å². The van der Waals surface area contributed by atoms with E-state index in [4.69, 9.17) is 5.73 Å². The van der Waals surface area contributed by atoms with E-state index in [2.05, 4.69) is 14.7 Å². The number of anilines is 1. The molecule has 0 aliphatic rings. The van der Waals surface area contributed by atoms with Crippen LogP contribution in [0.4, 0.5) is 6.01 Å². The zero-order valence-corrected chi connectivity index (χ0v) is 10.6. The highest BCUT2D eigenvalue weighted by atomic mass is 16.5. The lowest BCUT2D eigenvalue weighted by molar-refractivity contribution is 0.204. The molecule has 1 heterocycles. The molecule has 2 aromatic carbocycles. The zero-order chi connectivity index (χ0) is 13.9. The third-order valence-electron chi connectivity index (χ3n) is 3.04. The summed E-state index contributed by atoms with van der Waals surface area (Å²) >= 11 is 0. The Morgan fingerprint density at radius 1 is 0.950 bits per heavy atom. The van der Waals surface area contributed by atoms with Gasteiger partial charge in [0.1, 0.15) is 6.10 Å². The second kappa shape index (κ2) is 5.14. The Kier molecular flexibility index (Phi) is 3.18. The summed E-state index contributed by atoms with van der Waals surface area (Å²) in [4.78, 5) is 3.82. The molecule has 1 atom stereocenters. The number of hydrogen-bond donors (Lipinski definition) is 2. The number of rotatable bonds is 3. The van der Waals surface area contributed by atoms with Crippen LogP contribution in [0, 0.1) is 0 Å². The van der Waals surface area contributed by atoms with Crippen molar-refractivity contribution in [2.45, 2.75) is 6.10 Å². The van der Waals surface area contributed by atoms with Crippen molar-refractivity contribution in [3.63, 3.8) is 0 Å². The molecule has 3 rings (SSSR count). The predicted molar refractivity (Wildman–Crippen MR) is 74.7 cm³/mol. The maximum Gasteiger partial charge on any atom is 0.318 e. The van der Waals surface area contributed by atoms with Gasteiger partial charge < -0.3 is 15.4 Å². The van der Waals surface area contributed by atoms with Gasteiger partial charge in [-0.3, -0.25) is 0 Å². The van der Waals surface area contributed by atoms with Crippen molar-refractivity contribution in [2.24, 2.45) is 0 Å². The van der Waals surface area contributed by atoms with E-state index in [0.717, 1.165) is 11.1 Å². The minimum Gasteiger partial charge on any atom is -0.380 e. The van der Waals surface area contributed by atoms with Crippen molar-refractivity contribution < 1.29 is 9.63 Å². The molecule has 0 aliphatic heterocycles.